The van der Waals surface area contributed by atoms with Crippen molar-refractivity contribution in [3.05, 3.63) is 41.6 Å². The molecular formula is C10H8ClFN4. The summed E-state index contributed by atoms with van der Waals surface area (Å²) in [7, 11) is 0. The molecule has 0 spiro atoms. The average molecular weight is 239 g/mol. The molecule has 3 N–H and O–H groups in total. The summed E-state index contributed by atoms with van der Waals surface area (Å²) < 4.78 is 12.9. The van der Waals surface area contributed by atoms with E-state index in [2.05, 4.69) is 15.3 Å². The number of nitrogens with zero attached hydrogens (tertiary/aromatic N) is 2. The minimum absolute atomic E-state index is 0.0769. The first-order chi connectivity index (χ1) is 7.65. The number of halogens is 2. The Morgan fingerprint density at radius 3 is 2.94 bits per heavy atom. The Morgan fingerprint density at radius 2 is 2.19 bits per heavy atom. The SMILES string of the molecule is Nc1cnc(Cl)nc1Nc1cccc(F)c1. The number of hydrogen-bond donors (Lipinski definition) is 2. The van der Waals surface area contributed by atoms with Gasteiger partial charge in [0.25, 0.3) is 0 Å². The predicted molar refractivity (Wildman–Crippen MR) is 61.1 cm³/mol. The summed E-state index contributed by atoms with van der Waals surface area (Å²) in [6, 6.07) is 5.95. The van der Waals surface area contributed by atoms with Crippen LogP contribution in [0.1, 0.15) is 0 Å². The lowest BCUT2D eigenvalue weighted by atomic mass is 10.3. The van der Waals surface area contributed by atoms with Crippen LogP contribution < -0.4 is 11.1 Å². The van der Waals surface area contributed by atoms with Crippen LogP contribution in [0.15, 0.2) is 30.5 Å². The monoisotopic (exact) mass is 238 g/mol. The van der Waals surface area contributed by atoms with Crippen molar-refractivity contribution in [1.29, 1.82) is 0 Å². The molecule has 0 aliphatic heterocycles. The zero-order valence-corrected chi connectivity index (χ0v) is 8.87. The van der Waals surface area contributed by atoms with E-state index in [1.807, 2.05) is 0 Å². The fourth-order valence-electron chi connectivity index (χ4n) is 1.17. The van der Waals surface area contributed by atoms with Crippen LogP contribution in [0.2, 0.25) is 5.28 Å². The third-order valence-corrected chi connectivity index (χ3v) is 2.06. The molecular weight excluding hydrogens is 231 g/mol. The summed E-state index contributed by atoms with van der Waals surface area (Å²) in [4.78, 5) is 7.61. The van der Waals surface area contributed by atoms with E-state index in [1.54, 1.807) is 12.1 Å². The Labute approximate surface area is 96.3 Å². The number of nitrogens with two attached hydrogens (primary N) is 1. The average Bonchev–Trinajstić information content (AvgIpc) is 2.24. The highest BCUT2D eigenvalue weighted by molar-refractivity contribution is 6.28. The maximum atomic E-state index is 12.9. The molecule has 0 atom stereocenters. The van der Waals surface area contributed by atoms with Crippen LogP contribution >= 0.6 is 11.6 Å². The third kappa shape index (κ3) is 2.38. The number of benzene rings is 1. The lowest BCUT2D eigenvalue weighted by Gasteiger charge is -2.07. The smallest absolute Gasteiger partial charge is 0.224 e. The van der Waals surface area contributed by atoms with Crippen molar-refractivity contribution in [2.24, 2.45) is 0 Å². The normalized spacial score (nSPS) is 10.1. The second-order valence-corrected chi connectivity index (χ2v) is 3.42. The quantitative estimate of drug-likeness (QED) is 0.790. The maximum Gasteiger partial charge on any atom is 0.224 e. The van der Waals surface area contributed by atoms with Gasteiger partial charge in [0.05, 0.1) is 11.9 Å². The number of rotatable bonds is 2. The first-order valence-electron chi connectivity index (χ1n) is 4.46. The molecule has 4 nitrogen and oxygen atoms in total. The van der Waals surface area contributed by atoms with E-state index in [-0.39, 0.29) is 11.1 Å². The molecule has 1 aromatic carbocycles. The molecule has 0 unspecified atom stereocenters. The van der Waals surface area contributed by atoms with Gasteiger partial charge in [-0.25, -0.2) is 9.37 Å². The molecule has 6 heteroatoms. The topological polar surface area (TPSA) is 63.8 Å². The third-order valence-electron chi connectivity index (χ3n) is 1.88. The Balaban J connectivity index is 2.30. The van der Waals surface area contributed by atoms with Crippen molar-refractivity contribution in [3.8, 4) is 0 Å². The molecule has 0 bridgehead atoms. The second-order valence-electron chi connectivity index (χ2n) is 3.08. The lowest BCUT2D eigenvalue weighted by molar-refractivity contribution is 0.628. The van der Waals surface area contributed by atoms with Crippen molar-refractivity contribution in [1.82, 2.24) is 9.97 Å². The largest absolute Gasteiger partial charge is 0.394 e. The summed E-state index contributed by atoms with van der Waals surface area (Å²) in [6.45, 7) is 0. The van der Waals surface area contributed by atoms with E-state index < -0.39 is 0 Å². The number of nitrogen functional groups attached to an aromatic ring is 1. The van der Waals surface area contributed by atoms with Gasteiger partial charge >= 0.3 is 0 Å². The van der Waals surface area contributed by atoms with Crippen molar-refractivity contribution >= 4 is 28.8 Å². The van der Waals surface area contributed by atoms with Gasteiger partial charge < -0.3 is 11.1 Å². The van der Waals surface area contributed by atoms with Gasteiger partial charge in [-0.15, -0.1) is 0 Å². The molecule has 0 saturated heterocycles. The van der Waals surface area contributed by atoms with Crippen molar-refractivity contribution in [3.63, 3.8) is 0 Å². The Morgan fingerprint density at radius 1 is 1.38 bits per heavy atom. The van der Waals surface area contributed by atoms with Gasteiger partial charge in [-0.1, -0.05) is 6.07 Å². The van der Waals surface area contributed by atoms with Crippen molar-refractivity contribution in [2.45, 2.75) is 0 Å². The lowest BCUT2D eigenvalue weighted by Crippen LogP contribution is -2.00. The van der Waals surface area contributed by atoms with Crippen LogP contribution in [0, 0.1) is 5.82 Å². The van der Waals surface area contributed by atoms with Crippen LogP contribution in [0.25, 0.3) is 0 Å². The maximum absolute atomic E-state index is 12.9. The molecule has 16 heavy (non-hydrogen) atoms. The van der Waals surface area contributed by atoms with Gasteiger partial charge in [0.1, 0.15) is 5.82 Å². The van der Waals surface area contributed by atoms with E-state index in [1.165, 1.54) is 18.3 Å². The van der Waals surface area contributed by atoms with E-state index in [0.717, 1.165) is 0 Å². The molecule has 1 heterocycles. The number of aromatic nitrogens is 2. The van der Waals surface area contributed by atoms with Crippen molar-refractivity contribution in [2.75, 3.05) is 11.1 Å². The van der Waals surface area contributed by atoms with Crippen LogP contribution in [-0.4, -0.2) is 9.97 Å². The zero-order chi connectivity index (χ0) is 11.5. The second kappa shape index (κ2) is 4.32. The molecule has 1 aromatic heterocycles. The minimum atomic E-state index is -0.344. The highest BCUT2D eigenvalue weighted by Gasteiger charge is 2.03. The number of hydrogen-bond acceptors (Lipinski definition) is 4. The number of nitrogens with one attached hydrogen (secondary N) is 1. The summed E-state index contributed by atoms with van der Waals surface area (Å²) in [5.74, 6) is 0.00863. The molecule has 0 saturated carbocycles. The first-order valence-corrected chi connectivity index (χ1v) is 4.83. The number of anilines is 3. The molecule has 0 aliphatic carbocycles. The highest BCUT2D eigenvalue weighted by Crippen LogP contribution is 2.21. The van der Waals surface area contributed by atoms with Crippen LogP contribution in [0.4, 0.5) is 21.6 Å². The van der Waals surface area contributed by atoms with E-state index in [9.17, 15) is 4.39 Å². The molecule has 0 radical (unpaired) electrons. The van der Waals surface area contributed by atoms with E-state index >= 15 is 0 Å². The first kappa shape index (κ1) is 10.6. The zero-order valence-electron chi connectivity index (χ0n) is 8.11. The van der Waals surface area contributed by atoms with Crippen molar-refractivity contribution < 1.29 is 4.39 Å². The molecule has 0 aliphatic rings. The summed E-state index contributed by atoms with van der Waals surface area (Å²) >= 11 is 5.62. The van der Waals surface area contributed by atoms with Gasteiger partial charge in [0.2, 0.25) is 5.28 Å². The van der Waals surface area contributed by atoms with Crippen LogP contribution in [0.3, 0.4) is 0 Å². The molecule has 82 valence electrons. The van der Waals surface area contributed by atoms with Gasteiger partial charge in [-0.2, -0.15) is 4.98 Å². The molecule has 0 amide bonds. The Kier molecular flexibility index (Phi) is 2.87. The fraction of sp³-hybridized carbons (Fsp3) is 0. The van der Waals surface area contributed by atoms with Crippen LogP contribution in [0.5, 0.6) is 0 Å². The Bertz CT molecular complexity index is 518. The van der Waals surface area contributed by atoms with Gasteiger partial charge in [-0.3, -0.25) is 0 Å². The highest BCUT2D eigenvalue weighted by atomic mass is 35.5. The summed E-state index contributed by atoms with van der Waals surface area (Å²) in [5, 5.41) is 2.93. The fourth-order valence-corrected chi connectivity index (χ4v) is 1.31. The van der Waals surface area contributed by atoms with E-state index in [0.29, 0.717) is 17.2 Å². The van der Waals surface area contributed by atoms with Gasteiger partial charge in [0, 0.05) is 5.69 Å². The van der Waals surface area contributed by atoms with Crippen LogP contribution in [-0.2, 0) is 0 Å². The molecule has 0 fully saturated rings. The summed E-state index contributed by atoms with van der Waals surface area (Å²) in [5.41, 5.74) is 6.52. The Hall–Kier alpha value is -1.88. The van der Waals surface area contributed by atoms with Gasteiger partial charge in [-0.05, 0) is 29.8 Å². The van der Waals surface area contributed by atoms with Gasteiger partial charge in [0.15, 0.2) is 5.82 Å². The standard InChI is InChI=1S/C10H8ClFN4/c11-10-14-5-8(13)9(16-10)15-7-3-1-2-6(12)4-7/h1-5H,13H2,(H,14,15,16). The molecule has 2 rings (SSSR count). The summed E-state index contributed by atoms with van der Waals surface area (Å²) in [6.07, 6.45) is 1.39. The van der Waals surface area contributed by atoms with E-state index in [4.69, 9.17) is 17.3 Å². The molecule has 2 aromatic rings. The minimum Gasteiger partial charge on any atom is -0.394 e. The predicted octanol–water partition coefficient (Wildman–Crippen LogP) is 2.59.